The molecule has 3 fully saturated rings. The van der Waals surface area contributed by atoms with Crippen molar-refractivity contribution >= 4 is 95.8 Å². The second-order valence-corrected chi connectivity index (χ2v) is 27.6. The number of likely N-dealkylation sites (tertiary alicyclic amines) is 3. The number of carbonyl (C=O) groups excluding carboxylic acids is 5. The molecule has 3 N–H and O–H groups in total. The van der Waals surface area contributed by atoms with Crippen molar-refractivity contribution in [1.82, 2.24) is 34.6 Å². The van der Waals surface area contributed by atoms with Crippen LogP contribution >= 0.6 is 45.3 Å². The molecule has 0 aliphatic carbocycles. The number of ether oxygens (including phenoxy) is 2. The van der Waals surface area contributed by atoms with Crippen LogP contribution < -0.4 is 20.9 Å². The lowest BCUT2D eigenvalue weighted by molar-refractivity contribution is -0.123. The van der Waals surface area contributed by atoms with E-state index in [1.807, 2.05) is 121 Å². The summed E-state index contributed by atoms with van der Waals surface area (Å²) in [6.07, 6.45) is 5.19. The SMILES string of the molecule is CC(C)(C)OC(=O)N1CCC[C@H]1C(=O)Nc1nc(-c2ccccc2)c(C#N)s1.CN(C(=O)[C@@H]1CCCN1C#N)c1nc(-c2ccccc2)c(C#N)s1.CN(C(=O)[C@@H]1CCCN1C(=O)OC(C)(C)C)c1nc(-c2ccccc2)c(C#N)s1.N#Cc1sc(N)nc1-c1ccccc1. The van der Waals surface area contributed by atoms with Crippen molar-refractivity contribution in [2.75, 3.05) is 54.6 Å². The number of nitrogens with two attached hydrogens (primary N) is 1. The van der Waals surface area contributed by atoms with Crippen molar-refractivity contribution in [2.24, 2.45) is 0 Å². The van der Waals surface area contributed by atoms with Gasteiger partial charge in [0.1, 0.15) is 95.9 Å². The summed E-state index contributed by atoms with van der Waals surface area (Å²) in [5.41, 5.74) is 10.1. The molecule has 95 heavy (non-hydrogen) atoms. The molecule has 7 heterocycles. The van der Waals surface area contributed by atoms with Crippen LogP contribution in [0.3, 0.4) is 0 Å². The number of amides is 5. The molecule has 4 aromatic carbocycles. The normalized spacial score (nSPS) is 15.4. The zero-order valence-corrected chi connectivity index (χ0v) is 56.7. The molecule has 11 rings (SSSR count). The summed E-state index contributed by atoms with van der Waals surface area (Å²) in [6.45, 7) is 12.3. The quantitative estimate of drug-likeness (QED) is 0.120. The van der Waals surface area contributed by atoms with E-state index in [9.17, 15) is 39.8 Å². The zero-order valence-electron chi connectivity index (χ0n) is 53.5. The summed E-state index contributed by atoms with van der Waals surface area (Å²) in [7, 11) is 3.27. The molecule has 3 saturated heterocycles. The van der Waals surface area contributed by atoms with Crippen molar-refractivity contribution in [3.05, 3.63) is 141 Å². The van der Waals surface area contributed by atoms with E-state index in [0.717, 1.165) is 52.9 Å². The summed E-state index contributed by atoms with van der Waals surface area (Å²) < 4.78 is 10.8. The fourth-order valence-corrected chi connectivity index (χ4v) is 13.3. The minimum atomic E-state index is -0.624. The predicted octanol–water partition coefficient (Wildman–Crippen LogP) is 12.9. The van der Waals surface area contributed by atoms with Crippen molar-refractivity contribution in [3.63, 3.8) is 0 Å². The molecule has 3 aliphatic rings. The van der Waals surface area contributed by atoms with Crippen LogP contribution in [0.5, 0.6) is 0 Å². The van der Waals surface area contributed by atoms with E-state index in [2.05, 4.69) is 55.7 Å². The van der Waals surface area contributed by atoms with Gasteiger partial charge in [0.05, 0.1) is 0 Å². The van der Waals surface area contributed by atoms with Gasteiger partial charge >= 0.3 is 12.2 Å². The van der Waals surface area contributed by atoms with E-state index >= 15 is 0 Å². The molecule has 8 aromatic rings. The average molecular weight is 1350 g/mol. The smallest absolute Gasteiger partial charge is 0.410 e. The topological polar surface area (TPSA) is 329 Å². The van der Waals surface area contributed by atoms with Gasteiger partial charge in [0.2, 0.25) is 5.91 Å². The van der Waals surface area contributed by atoms with E-state index in [1.54, 1.807) is 55.6 Å². The third-order valence-corrected chi connectivity index (χ3v) is 18.3. The first-order chi connectivity index (χ1) is 45.4. The molecule has 0 unspecified atom stereocenters. The lowest BCUT2D eigenvalue weighted by Gasteiger charge is -2.29. The Bertz CT molecular complexity index is 4240. The molecule has 0 radical (unpaired) electrons. The number of hydrogen-bond acceptors (Lipinski definition) is 22. The minimum Gasteiger partial charge on any atom is -0.444 e. The van der Waals surface area contributed by atoms with E-state index in [0.29, 0.717) is 102 Å². The molecule has 5 amide bonds. The fourth-order valence-electron chi connectivity index (χ4n) is 10.2. The standard InChI is InChI=1S/C21H24N4O3S.C20H22N4O3S.C17H15N5OS.C10H7N3S/c1-21(2,3)28-20(27)25-12-8-11-15(25)18(26)24(4)19-23-17(16(13-22)29-19)14-9-6-5-7-10-14;1-20(2,3)27-19(26)24-11-7-10-14(24)17(25)23-18-22-16(15(12-21)28-18)13-8-5-4-6-9-13;1-21(16(23)13-8-5-9-22(13)11-19)17-20-15(14(10-18)24-17)12-6-3-2-4-7-12;11-6-8-9(13-10(12)14-8)7-4-2-1-3-5-7/h5-7,9-10,15H,8,11-12H2,1-4H3;4-6,8-9,14H,7,10-11H2,1-3H3,(H,22,23,25);2-4,6-7,13H,5,8-9H2,1H3;1-5H,(H2,12,13)/t15-;14-;13-;/m000./s1. The van der Waals surface area contributed by atoms with E-state index in [4.69, 9.17) is 25.7 Å². The number of aromatic nitrogens is 4. The second-order valence-electron chi connectivity index (χ2n) is 23.6. The van der Waals surface area contributed by atoms with Crippen LogP contribution in [0.25, 0.3) is 45.0 Å². The number of thiazole rings is 4. The van der Waals surface area contributed by atoms with Crippen molar-refractivity contribution in [1.29, 1.82) is 26.3 Å². The highest BCUT2D eigenvalue weighted by Crippen LogP contribution is 2.37. The first-order valence-corrected chi connectivity index (χ1v) is 33.3. The van der Waals surface area contributed by atoms with Gasteiger partial charge < -0.3 is 20.5 Å². The number of benzene rings is 4. The Morgan fingerprint density at radius 1 is 0.495 bits per heavy atom. The lowest BCUT2D eigenvalue weighted by Crippen LogP contribution is -2.48. The molecule has 486 valence electrons. The Balaban J connectivity index is 0.000000166. The molecule has 27 heteroatoms. The summed E-state index contributed by atoms with van der Waals surface area (Å²) >= 11 is 4.69. The molecule has 3 atom stereocenters. The molecule has 0 saturated carbocycles. The van der Waals surface area contributed by atoms with Gasteiger partial charge in [-0.3, -0.25) is 38.9 Å². The highest BCUT2D eigenvalue weighted by Gasteiger charge is 2.40. The summed E-state index contributed by atoms with van der Waals surface area (Å²) in [4.78, 5) is 90.3. The zero-order chi connectivity index (χ0) is 68.6. The Labute approximate surface area is 567 Å². The van der Waals surface area contributed by atoms with Gasteiger partial charge in [0.15, 0.2) is 26.7 Å². The fraction of sp³-hybridized carbons (Fsp3) is 0.324. The van der Waals surface area contributed by atoms with Crippen molar-refractivity contribution < 1.29 is 33.4 Å². The maximum absolute atomic E-state index is 13.1. The largest absolute Gasteiger partial charge is 0.444 e. The molecular formula is C68H68N16O7S4. The maximum Gasteiger partial charge on any atom is 0.410 e. The predicted molar refractivity (Wildman–Crippen MR) is 366 cm³/mol. The Kier molecular flexibility index (Phi) is 23.5. The summed E-state index contributed by atoms with van der Waals surface area (Å²) in [5, 5.41) is 50.7. The number of anilines is 4. The lowest BCUT2D eigenvalue weighted by atomic mass is 10.1. The Morgan fingerprint density at radius 2 is 0.842 bits per heavy atom. The van der Waals surface area contributed by atoms with Crippen LogP contribution in [0.2, 0.25) is 0 Å². The average Bonchev–Trinajstić information content (AvgIpc) is 1.69. The van der Waals surface area contributed by atoms with E-state index in [1.165, 1.54) is 58.5 Å². The van der Waals surface area contributed by atoms with E-state index in [-0.39, 0.29) is 17.7 Å². The van der Waals surface area contributed by atoms with Crippen LogP contribution in [0.4, 0.5) is 30.1 Å². The minimum absolute atomic E-state index is 0.160. The summed E-state index contributed by atoms with van der Waals surface area (Å²) in [6, 6.07) is 44.6. The molecular weight excluding hydrogens is 1280 g/mol. The van der Waals surface area contributed by atoms with Crippen LogP contribution in [-0.4, -0.2) is 128 Å². The number of likely N-dealkylation sites (N-methyl/N-ethyl adjacent to an activating group) is 2. The van der Waals surface area contributed by atoms with E-state index < -0.39 is 41.5 Å². The van der Waals surface area contributed by atoms with Crippen LogP contribution in [0.1, 0.15) is 99.6 Å². The Morgan fingerprint density at radius 3 is 1.25 bits per heavy atom. The first-order valence-electron chi connectivity index (χ1n) is 30.1. The third-order valence-electron chi connectivity index (χ3n) is 14.6. The van der Waals surface area contributed by atoms with Crippen molar-refractivity contribution in [3.8, 4) is 75.5 Å². The molecule has 4 aromatic heterocycles. The highest BCUT2D eigenvalue weighted by molar-refractivity contribution is 7.17. The first kappa shape index (κ1) is 70.3. The van der Waals surface area contributed by atoms with Gasteiger partial charge in [-0.25, -0.2) is 29.5 Å². The monoisotopic (exact) mass is 1350 g/mol. The molecule has 3 aliphatic heterocycles. The highest BCUT2D eigenvalue weighted by atomic mass is 32.1. The van der Waals surface area contributed by atoms with Crippen LogP contribution in [0, 0.1) is 56.8 Å². The van der Waals surface area contributed by atoms with Crippen LogP contribution in [-0.2, 0) is 23.9 Å². The number of nitrogens with zero attached hydrogens (tertiary/aromatic N) is 14. The number of hydrogen-bond donors (Lipinski definition) is 2. The second kappa shape index (κ2) is 31.8. The maximum atomic E-state index is 13.1. The molecule has 0 spiro atoms. The number of nitrogen functional groups attached to an aromatic ring is 1. The number of nitriles is 5. The Hall–Kier alpha value is -10.6. The number of rotatable bonds is 10. The third kappa shape index (κ3) is 18.0. The number of nitrogens with one attached hydrogen (secondary N) is 1. The number of carbonyl (C=O) groups is 5. The van der Waals surface area contributed by atoms with Gasteiger partial charge in [0, 0.05) is 56.0 Å². The van der Waals surface area contributed by atoms with Gasteiger partial charge in [-0.2, -0.15) is 26.3 Å². The van der Waals surface area contributed by atoms with Crippen molar-refractivity contribution in [2.45, 2.75) is 109 Å². The molecule has 0 bridgehead atoms. The van der Waals surface area contributed by atoms with Gasteiger partial charge in [-0.05, 0) is 80.1 Å². The van der Waals surface area contributed by atoms with Gasteiger partial charge in [-0.1, -0.05) is 167 Å². The molecule has 23 nitrogen and oxygen atoms in total. The summed E-state index contributed by atoms with van der Waals surface area (Å²) in [5.74, 6) is -0.709. The van der Waals surface area contributed by atoms with Crippen LogP contribution in [0.15, 0.2) is 121 Å². The van der Waals surface area contributed by atoms with Gasteiger partial charge in [-0.15, -0.1) is 0 Å². The van der Waals surface area contributed by atoms with Gasteiger partial charge in [0.25, 0.3) is 11.8 Å².